The molecule has 0 amide bonds. The lowest BCUT2D eigenvalue weighted by molar-refractivity contribution is 0.608. The molecule has 266 valence electrons. The Morgan fingerprint density at radius 2 is 1.38 bits per heavy atom. The minimum absolute atomic E-state index is 0.145. The predicted molar refractivity (Wildman–Crippen MR) is 233 cm³/mol. The Kier molecular flexibility index (Phi) is 7.58. The molecule has 11 rings (SSSR count). The molecule has 6 aromatic carbocycles. The molecule has 7 aromatic rings. The number of nitriles is 1. The average molecular weight is 718 g/mol. The predicted octanol–water partition coefficient (Wildman–Crippen LogP) is 14.2. The van der Waals surface area contributed by atoms with E-state index in [9.17, 15) is 5.26 Å². The largest absolute Gasteiger partial charge is 0.456 e. The number of furan rings is 1. The van der Waals surface area contributed by atoms with Crippen LogP contribution in [0.4, 0.5) is 0 Å². The minimum Gasteiger partial charge on any atom is -0.456 e. The van der Waals surface area contributed by atoms with Crippen LogP contribution in [-0.4, -0.2) is 0 Å². The third-order valence-corrected chi connectivity index (χ3v) is 12.7. The molecule has 2 heteroatoms. The Hall–Kier alpha value is -6.69. The van der Waals surface area contributed by atoms with E-state index in [0.29, 0.717) is 5.92 Å². The minimum atomic E-state index is -0.208. The summed E-state index contributed by atoms with van der Waals surface area (Å²) in [7, 11) is 0. The maximum absolute atomic E-state index is 10.3. The third kappa shape index (κ3) is 4.94. The molecule has 0 radical (unpaired) electrons. The van der Waals surface area contributed by atoms with Gasteiger partial charge in [-0.1, -0.05) is 158 Å². The summed E-state index contributed by atoms with van der Waals surface area (Å²) in [5.41, 5.74) is 14.6. The summed E-state index contributed by atoms with van der Waals surface area (Å²) in [6.45, 7) is 2.14. The summed E-state index contributed by atoms with van der Waals surface area (Å²) >= 11 is 0. The van der Waals surface area contributed by atoms with E-state index in [1.165, 1.54) is 60.5 Å². The van der Waals surface area contributed by atoms with Crippen LogP contribution in [0, 0.1) is 29.1 Å². The van der Waals surface area contributed by atoms with Crippen LogP contribution in [-0.2, 0) is 0 Å². The van der Waals surface area contributed by atoms with Crippen molar-refractivity contribution < 1.29 is 4.42 Å². The molecular formula is C54H39NO. The summed E-state index contributed by atoms with van der Waals surface area (Å²) in [6, 6.07) is 44.6. The average Bonchev–Trinajstić information content (AvgIpc) is 3.62. The lowest BCUT2D eigenvalue weighted by Gasteiger charge is -2.39. The van der Waals surface area contributed by atoms with Crippen molar-refractivity contribution in [2.24, 2.45) is 17.8 Å². The molecule has 4 aliphatic carbocycles. The van der Waals surface area contributed by atoms with Crippen molar-refractivity contribution in [1.29, 1.82) is 5.26 Å². The van der Waals surface area contributed by atoms with E-state index in [1.807, 2.05) is 0 Å². The summed E-state index contributed by atoms with van der Waals surface area (Å²) < 4.78 is 6.71. The van der Waals surface area contributed by atoms with Crippen LogP contribution in [0.5, 0.6) is 0 Å². The Bertz CT molecular complexity index is 3000. The van der Waals surface area contributed by atoms with Crippen molar-refractivity contribution in [1.82, 2.24) is 0 Å². The van der Waals surface area contributed by atoms with Gasteiger partial charge in [0.05, 0.1) is 12.0 Å². The van der Waals surface area contributed by atoms with Gasteiger partial charge in [0.1, 0.15) is 11.2 Å². The van der Waals surface area contributed by atoms with Gasteiger partial charge in [-0.3, -0.25) is 0 Å². The van der Waals surface area contributed by atoms with Crippen LogP contribution in [0.3, 0.4) is 0 Å². The molecule has 0 saturated carbocycles. The van der Waals surface area contributed by atoms with Crippen LogP contribution in [0.25, 0.3) is 65.8 Å². The highest BCUT2D eigenvalue weighted by Crippen LogP contribution is 2.53. The molecule has 1 aromatic heterocycles. The zero-order valence-corrected chi connectivity index (χ0v) is 31.2. The quantitative estimate of drug-likeness (QED) is 0.170. The Balaban J connectivity index is 1.08. The van der Waals surface area contributed by atoms with Gasteiger partial charge < -0.3 is 4.42 Å². The summed E-state index contributed by atoms with van der Waals surface area (Å²) in [4.78, 5) is 0. The third-order valence-electron chi connectivity index (χ3n) is 12.7. The van der Waals surface area contributed by atoms with E-state index in [0.717, 1.165) is 51.5 Å². The molecule has 4 unspecified atom stereocenters. The van der Waals surface area contributed by atoms with Gasteiger partial charge in [-0.15, -0.1) is 0 Å². The maximum Gasteiger partial charge on any atom is 0.136 e. The van der Waals surface area contributed by atoms with Gasteiger partial charge in [0, 0.05) is 22.6 Å². The molecule has 0 saturated heterocycles. The molecule has 4 aliphatic rings. The summed E-state index contributed by atoms with van der Waals surface area (Å²) in [5, 5.41) is 17.3. The number of nitrogens with zero attached hydrogens (tertiary/aromatic N) is 1. The van der Waals surface area contributed by atoms with Crippen LogP contribution in [0.15, 0.2) is 191 Å². The zero-order chi connectivity index (χ0) is 37.3. The van der Waals surface area contributed by atoms with Crippen molar-refractivity contribution in [2.45, 2.75) is 25.7 Å². The molecule has 4 atom stereocenters. The first-order valence-electron chi connectivity index (χ1n) is 19.9. The monoisotopic (exact) mass is 717 g/mol. The highest BCUT2D eigenvalue weighted by molar-refractivity contribution is 6.20. The Morgan fingerprint density at radius 1 is 0.643 bits per heavy atom. The molecular weight excluding hydrogens is 679 g/mol. The van der Waals surface area contributed by atoms with Crippen LogP contribution in [0.2, 0.25) is 0 Å². The zero-order valence-electron chi connectivity index (χ0n) is 31.2. The van der Waals surface area contributed by atoms with Crippen LogP contribution < -0.4 is 0 Å². The molecule has 0 aliphatic heterocycles. The highest BCUT2D eigenvalue weighted by Gasteiger charge is 2.37. The van der Waals surface area contributed by atoms with Gasteiger partial charge in [0.2, 0.25) is 0 Å². The number of benzene rings is 6. The van der Waals surface area contributed by atoms with Crippen molar-refractivity contribution >= 4 is 54.6 Å². The number of hydrogen-bond donors (Lipinski definition) is 0. The van der Waals surface area contributed by atoms with Gasteiger partial charge in [0.15, 0.2) is 0 Å². The molecule has 1 heterocycles. The lowest BCUT2D eigenvalue weighted by atomic mass is 9.64. The maximum atomic E-state index is 10.3. The van der Waals surface area contributed by atoms with Crippen molar-refractivity contribution in [3.8, 4) is 17.2 Å². The van der Waals surface area contributed by atoms with Crippen molar-refractivity contribution in [2.75, 3.05) is 0 Å². The molecule has 0 bridgehead atoms. The lowest BCUT2D eigenvalue weighted by Crippen LogP contribution is -2.24. The SMILES string of the molecule is CC1C=CC=C(c2c3ccccc3c(-c3ccc4oc5cc(C6=C7C=CC=CC7C(c7ccccc7)C7=C6C=CCC7)ccc5c4c3)c3ccccc23)C1C#N. The summed E-state index contributed by atoms with van der Waals surface area (Å²) in [6.07, 6.45) is 22.4. The fourth-order valence-corrected chi connectivity index (χ4v) is 10.2. The molecule has 56 heavy (non-hydrogen) atoms. The van der Waals surface area contributed by atoms with E-state index in [1.54, 1.807) is 0 Å². The van der Waals surface area contributed by atoms with Gasteiger partial charge in [-0.05, 0) is 115 Å². The number of fused-ring (bicyclic) bond motifs is 6. The van der Waals surface area contributed by atoms with Crippen molar-refractivity contribution in [3.63, 3.8) is 0 Å². The second-order valence-electron chi connectivity index (χ2n) is 15.7. The van der Waals surface area contributed by atoms with E-state index in [4.69, 9.17) is 4.42 Å². The first-order valence-corrected chi connectivity index (χ1v) is 19.9. The van der Waals surface area contributed by atoms with Gasteiger partial charge in [-0.25, -0.2) is 0 Å². The van der Waals surface area contributed by atoms with E-state index >= 15 is 0 Å². The number of hydrogen-bond acceptors (Lipinski definition) is 2. The van der Waals surface area contributed by atoms with Gasteiger partial charge >= 0.3 is 0 Å². The Labute approximate surface area is 327 Å². The topological polar surface area (TPSA) is 36.9 Å². The van der Waals surface area contributed by atoms with Crippen molar-refractivity contribution in [3.05, 3.63) is 203 Å². The first kappa shape index (κ1) is 32.7. The van der Waals surface area contributed by atoms with Crippen LogP contribution in [0.1, 0.15) is 42.4 Å². The van der Waals surface area contributed by atoms with Gasteiger partial charge in [-0.2, -0.15) is 5.26 Å². The highest BCUT2D eigenvalue weighted by atomic mass is 16.3. The molecule has 0 spiro atoms. The fraction of sp³-hybridized carbons (Fsp3) is 0.130. The Morgan fingerprint density at radius 3 is 2.14 bits per heavy atom. The standard InChI is InChI=1S/C54H39NO/c1-33-14-13-25-46(48(33)32-55)54-44-23-11-9-21-42(44)52(43-22-10-12-24-45(43)54)35-27-29-49-47(30-35)37-28-26-36(31-50(37)56-49)53-40-19-7-5-17-38(40)51(34-15-3-2-4-16-34)39-18-6-8-20-41(39)53/h2-5,7-17,19-31,33,38,48,51H,6,18H2,1H3. The smallest absolute Gasteiger partial charge is 0.136 e. The molecule has 2 nitrogen and oxygen atoms in total. The van der Waals surface area contributed by atoms with E-state index in [-0.39, 0.29) is 17.8 Å². The normalized spacial score (nSPS) is 21.5. The molecule has 0 fully saturated rings. The van der Waals surface area contributed by atoms with Crippen LogP contribution >= 0.6 is 0 Å². The van der Waals surface area contributed by atoms with Gasteiger partial charge in [0.25, 0.3) is 0 Å². The second-order valence-corrected chi connectivity index (χ2v) is 15.7. The second kappa shape index (κ2) is 13.0. The fourth-order valence-electron chi connectivity index (χ4n) is 10.2. The molecule has 0 N–H and O–H groups in total. The number of rotatable bonds is 4. The van der Waals surface area contributed by atoms with E-state index < -0.39 is 0 Å². The number of allylic oxidation sites excluding steroid dienone is 14. The first-order chi connectivity index (χ1) is 27.7. The van der Waals surface area contributed by atoms with E-state index in [2.05, 4.69) is 183 Å². The summed E-state index contributed by atoms with van der Waals surface area (Å²) in [5.74, 6) is 0.553.